The van der Waals surface area contributed by atoms with Crippen molar-refractivity contribution in [2.75, 3.05) is 22.9 Å². The van der Waals surface area contributed by atoms with Gasteiger partial charge in [0.2, 0.25) is 11.9 Å². The lowest BCUT2D eigenvalue weighted by Crippen LogP contribution is -2.58. The van der Waals surface area contributed by atoms with Crippen molar-refractivity contribution in [2.24, 2.45) is 21.5 Å². The van der Waals surface area contributed by atoms with Crippen LogP contribution in [-0.2, 0) is 0 Å². The fourth-order valence-electron chi connectivity index (χ4n) is 4.52. The largest absolute Gasteiger partial charge is 0.369 e. The maximum atomic E-state index is 14.9. The highest BCUT2D eigenvalue weighted by Gasteiger charge is 2.42. The number of anilines is 2. The fourth-order valence-corrected chi connectivity index (χ4v) is 4.52. The topological polar surface area (TPSA) is 83.2 Å². The van der Waals surface area contributed by atoms with Gasteiger partial charge in [0, 0.05) is 18.8 Å². The van der Waals surface area contributed by atoms with Crippen molar-refractivity contribution in [3.8, 4) is 0 Å². The Bertz CT molecular complexity index is 732. The number of benzene rings is 1. The summed E-state index contributed by atoms with van der Waals surface area (Å²) in [5, 5.41) is 0. The summed E-state index contributed by atoms with van der Waals surface area (Å²) in [6, 6.07) is 5.37. The van der Waals surface area contributed by atoms with Gasteiger partial charge in [-0.15, -0.1) is 0 Å². The molecule has 0 unspecified atom stereocenters. The number of piperidine rings is 1. The van der Waals surface area contributed by atoms with Crippen LogP contribution in [-0.4, -0.2) is 30.7 Å². The summed E-state index contributed by atoms with van der Waals surface area (Å²) in [5.41, 5.74) is 12.9. The Labute approximate surface area is 153 Å². The molecule has 0 radical (unpaired) electrons. The van der Waals surface area contributed by atoms with Crippen molar-refractivity contribution in [2.45, 2.75) is 57.0 Å². The molecule has 2 heterocycles. The van der Waals surface area contributed by atoms with Gasteiger partial charge in [-0.25, -0.2) is 9.38 Å². The number of rotatable bonds is 2. The van der Waals surface area contributed by atoms with Crippen LogP contribution in [0.5, 0.6) is 0 Å². The molecule has 26 heavy (non-hydrogen) atoms. The van der Waals surface area contributed by atoms with Crippen LogP contribution in [0.3, 0.4) is 0 Å². The Kier molecular flexibility index (Phi) is 4.46. The summed E-state index contributed by atoms with van der Waals surface area (Å²) in [7, 11) is 0. The molecule has 1 aliphatic carbocycles. The van der Waals surface area contributed by atoms with Crippen LogP contribution in [0.15, 0.2) is 28.2 Å². The fraction of sp³-hybridized carbons (Fsp3) is 0.579. The Morgan fingerprint density at radius 1 is 0.962 bits per heavy atom. The van der Waals surface area contributed by atoms with E-state index in [1.54, 1.807) is 6.07 Å². The lowest BCUT2D eigenvalue weighted by atomic mass is 9.87. The minimum absolute atomic E-state index is 0.214. The van der Waals surface area contributed by atoms with Crippen LogP contribution in [0.2, 0.25) is 0 Å². The molecule has 2 aliphatic heterocycles. The molecule has 1 saturated carbocycles. The van der Waals surface area contributed by atoms with E-state index in [0.717, 1.165) is 51.6 Å². The van der Waals surface area contributed by atoms with Gasteiger partial charge in [0.25, 0.3) is 0 Å². The molecule has 6 nitrogen and oxygen atoms in total. The summed E-state index contributed by atoms with van der Waals surface area (Å²) >= 11 is 0. The average molecular weight is 358 g/mol. The smallest absolute Gasteiger partial charge is 0.220 e. The number of hydrogen-bond acceptors (Lipinski definition) is 6. The molecule has 4 rings (SSSR count). The second kappa shape index (κ2) is 6.78. The van der Waals surface area contributed by atoms with Crippen LogP contribution in [0.25, 0.3) is 0 Å². The molecule has 4 N–H and O–H groups in total. The molecule has 1 aromatic rings. The molecule has 7 heteroatoms. The normalized spacial score (nSPS) is 23.0. The lowest BCUT2D eigenvalue weighted by Gasteiger charge is -2.45. The second-order valence-corrected chi connectivity index (χ2v) is 7.50. The van der Waals surface area contributed by atoms with Crippen LogP contribution < -0.4 is 21.3 Å². The molecule has 3 aliphatic rings. The third-order valence-corrected chi connectivity index (χ3v) is 5.74. The van der Waals surface area contributed by atoms with Gasteiger partial charge in [0.15, 0.2) is 0 Å². The minimum Gasteiger partial charge on any atom is -0.369 e. The van der Waals surface area contributed by atoms with Crippen LogP contribution >= 0.6 is 0 Å². The van der Waals surface area contributed by atoms with E-state index in [2.05, 4.69) is 14.9 Å². The maximum Gasteiger partial charge on any atom is 0.220 e. The zero-order chi connectivity index (χ0) is 18.1. The third-order valence-electron chi connectivity index (χ3n) is 5.74. The van der Waals surface area contributed by atoms with Crippen LogP contribution in [0.4, 0.5) is 15.8 Å². The van der Waals surface area contributed by atoms with E-state index in [0.29, 0.717) is 17.3 Å². The van der Waals surface area contributed by atoms with Gasteiger partial charge in [-0.3, -0.25) is 4.90 Å². The van der Waals surface area contributed by atoms with Crippen molar-refractivity contribution in [1.29, 1.82) is 0 Å². The predicted molar refractivity (Wildman–Crippen MR) is 104 cm³/mol. The highest BCUT2D eigenvalue weighted by atomic mass is 19.1. The van der Waals surface area contributed by atoms with Crippen molar-refractivity contribution in [3.63, 3.8) is 0 Å². The summed E-state index contributed by atoms with van der Waals surface area (Å²) in [6.45, 7) is 1.82. The van der Waals surface area contributed by atoms with Crippen LogP contribution in [0.1, 0.15) is 51.4 Å². The van der Waals surface area contributed by atoms with E-state index < -0.39 is 5.66 Å². The lowest BCUT2D eigenvalue weighted by molar-refractivity contribution is 0.305. The van der Waals surface area contributed by atoms with E-state index in [1.807, 2.05) is 17.0 Å². The molecule has 1 saturated heterocycles. The van der Waals surface area contributed by atoms with Gasteiger partial charge in [-0.1, -0.05) is 6.42 Å². The highest BCUT2D eigenvalue weighted by Crippen LogP contribution is 2.40. The Hall–Kier alpha value is -2.31. The molecular formula is C19H27FN6. The molecule has 2 fully saturated rings. The van der Waals surface area contributed by atoms with Gasteiger partial charge in [0.05, 0.1) is 5.69 Å². The van der Waals surface area contributed by atoms with Gasteiger partial charge >= 0.3 is 0 Å². The number of guanidine groups is 2. The summed E-state index contributed by atoms with van der Waals surface area (Å²) in [5.74, 6) is 0.293. The third kappa shape index (κ3) is 2.99. The molecule has 140 valence electrons. The molecule has 0 bridgehead atoms. The van der Waals surface area contributed by atoms with Crippen molar-refractivity contribution >= 4 is 23.3 Å². The first-order chi connectivity index (χ1) is 12.6. The second-order valence-electron chi connectivity index (χ2n) is 7.50. The highest BCUT2D eigenvalue weighted by molar-refractivity contribution is 6.05. The van der Waals surface area contributed by atoms with Crippen molar-refractivity contribution in [3.05, 3.63) is 24.0 Å². The van der Waals surface area contributed by atoms with Gasteiger partial charge < -0.3 is 16.4 Å². The molecular weight excluding hydrogens is 331 g/mol. The summed E-state index contributed by atoms with van der Waals surface area (Å²) in [6.07, 6.45) is 8.42. The van der Waals surface area contributed by atoms with E-state index in [9.17, 15) is 4.39 Å². The van der Waals surface area contributed by atoms with E-state index in [1.165, 1.54) is 12.8 Å². The van der Waals surface area contributed by atoms with Gasteiger partial charge in [-0.2, -0.15) is 4.99 Å². The van der Waals surface area contributed by atoms with E-state index in [4.69, 9.17) is 11.5 Å². The first-order valence-electron chi connectivity index (χ1n) is 9.63. The Morgan fingerprint density at radius 3 is 2.35 bits per heavy atom. The molecule has 0 atom stereocenters. The maximum absolute atomic E-state index is 14.9. The van der Waals surface area contributed by atoms with E-state index >= 15 is 0 Å². The van der Waals surface area contributed by atoms with E-state index in [-0.39, 0.29) is 11.8 Å². The monoisotopic (exact) mass is 358 g/mol. The number of nitrogens with two attached hydrogens (primary N) is 2. The quantitative estimate of drug-likeness (QED) is 0.851. The standard InChI is InChI=1S/C19H27FN6/c20-15-13-14(7-8-16(15)25-11-5-2-6-12-25)26-18(22)23-17(21)24-19(26)9-3-1-4-10-19/h7-8,13H,1-6,9-12H2,(H4,21,22,23,24). The zero-order valence-electron chi connectivity index (χ0n) is 15.1. The van der Waals surface area contributed by atoms with Crippen molar-refractivity contribution in [1.82, 2.24) is 0 Å². The number of aliphatic imine (C=N–C) groups is 2. The van der Waals surface area contributed by atoms with Gasteiger partial charge in [0.1, 0.15) is 11.5 Å². The average Bonchev–Trinajstić information content (AvgIpc) is 2.62. The zero-order valence-corrected chi connectivity index (χ0v) is 15.1. The Morgan fingerprint density at radius 2 is 1.65 bits per heavy atom. The van der Waals surface area contributed by atoms with Crippen LogP contribution in [0, 0.1) is 5.82 Å². The SMILES string of the molecule is NC1=NC2(CCCCC2)N(c2ccc(N3CCCCC3)c(F)c2)C(N)=N1. The first kappa shape index (κ1) is 17.1. The minimum atomic E-state index is -0.534. The molecule has 1 aromatic carbocycles. The van der Waals surface area contributed by atoms with Crippen molar-refractivity contribution < 1.29 is 4.39 Å². The molecule has 1 spiro atoms. The first-order valence-corrected chi connectivity index (χ1v) is 9.63. The number of hydrogen-bond donors (Lipinski definition) is 2. The number of nitrogens with zero attached hydrogens (tertiary/aromatic N) is 4. The summed E-state index contributed by atoms with van der Waals surface area (Å²) in [4.78, 5) is 12.8. The molecule has 0 amide bonds. The summed E-state index contributed by atoms with van der Waals surface area (Å²) < 4.78 is 14.9. The predicted octanol–water partition coefficient (Wildman–Crippen LogP) is 2.93. The Balaban J connectivity index is 1.68. The van der Waals surface area contributed by atoms with Gasteiger partial charge in [-0.05, 0) is 63.1 Å². The number of halogens is 1. The molecule has 0 aromatic heterocycles.